The Morgan fingerprint density at radius 2 is 0.340 bits per heavy atom. The molecule has 15 aromatic rings. The molecular weight excluding hydrogens is 1570 g/mol. The van der Waals surface area contributed by atoms with E-state index < -0.39 is 30.7 Å². The summed E-state index contributed by atoms with van der Waals surface area (Å²) in [5.74, 6) is 0. The Morgan fingerprint density at radius 3 is 0.462 bits per heavy atom. The summed E-state index contributed by atoms with van der Waals surface area (Å²) < 4.78 is 110. The van der Waals surface area contributed by atoms with Crippen LogP contribution in [0.2, 0.25) is 0 Å². The average Bonchev–Trinajstić information content (AvgIpc) is 1.23. The second-order valence-electron chi connectivity index (χ2n) is 21.5. The molecule has 21 nitrogen and oxygen atoms in total. The maximum atomic E-state index is 8.49. The van der Waals surface area contributed by atoms with Crippen molar-refractivity contribution in [3.63, 3.8) is 0 Å². The molecule has 0 unspecified atom stereocenters. The topological polar surface area (TPSA) is 366 Å². The first-order chi connectivity index (χ1) is 50.4. The largest absolute Gasteiger partial charge is 3.00 e. The molecule has 0 N–H and O–H groups in total. The number of rotatable bonds is 12. The van der Waals surface area contributed by atoms with E-state index in [0.717, 1.165) is 99.6 Å². The first kappa shape index (κ1) is 80.8. The first-order valence-electron chi connectivity index (χ1n) is 30.6. The van der Waals surface area contributed by atoms with Crippen molar-refractivity contribution < 1.29 is 117 Å². The number of pyridine rings is 3. The van der Waals surface area contributed by atoms with E-state index in [2.05, 4.69) is 299 Å². The zero-order valence-corrected chi connectivity index (χ0v) is 62.6. The van der Waals surface area contributed by atoms with Crippen LogP contribution in [0.1, 0.15) is 0 Å². The zero-order valence-electron chi connectivity index (χ0n) is 54.3. The van der Waals surface area contributed by atoms with Gasteiger partial charge in [0.05, 0.1) is 15.3 Å². The van der Waals surface area contributed by atoms with E-state index in [9.17, 15) is 0 Å². The van der Waals surface area contributed by atoms with Crippen LogP contribution in [0.4, 0.5) is 0 Å². The van der Waals surface area contributed by atoms with Crippen LogP contribution in [0.15, 0.2) is 322 Å². The van der Waals surface area contributed by atoms with Crippen molar-refractivity contribution >= 4 is 71.9 Å². The number of halogens is 3. The molecule has 31 heteroatoms. The molecule has 0 saturated carbocycles. The predicted octanol–water partition coefficient (Wildman–Crippen LogP) is 2.89. The third-order valence-electron chi connectivity index (χ3n) is 14.7. The summed E-state index contributed by atoms with van der Waals surface area (Å²) in [6.45, 7) is 0. The molecule has 0 fully saturated rings. The maximum absolute atomic E-state index is 8.49. The Balaban J connectivity index is 0.000000167. The third kappa shape index (κ3) is 24.1. The van der Waals surface area contributed by atoms with E-state index in [1.807, 2.05) is 54.6 Å². The van der Waals surface area contributed by atoms with Crippen LogP contribution < -0.4 is 69.6 Å². The molecule has 0 aliphatic rings. The number of aromatic nitrogens is 9. The van der Waals surface area contributed by atoms with Gasteiger partial charge in [0.25, 0.3) is 0 Å². The quantitative estimate of drug-likeness (QED) is 0.0964. The Morgan fingerprint density at radius 1 is 0.208 bits per heavy atom. The van der Waals surface area contributed by atoms with Crippen molar-refractivity contribution in [2.75, 3.05) is 0 Å². The van der Waals surface area contributed by atoms with Crippen LogP contribution in [0.25, 0.3) is 116 Å². The normalized spacial score (nSPS) is 10.9. The minimum absolute atomic E-state index is 0. The summed E-state index contributed by atoms with van der Waals surface area (Å²) in [5.41, 5.74) is 19.8. The minimum Gasteiger partial charge on any atom is -0.404 e. The van der Waals surface area contributed by atoms with Crippen molar-refractivity contribution in [2.24, 2.45) is 0 Å². The van der Waals surface area contributed by atoms with Crippen LogP contribution in [-0.2, 0) is 55.0 Å². The summed E-state index contributed by atoms with van der Waals surface area (Å²) in [6.07, 6.45) is 0. The molecule has 0 spiro atoms. The van der Waals surface area contributed by atoms with Crippen molar-refractivity contribution in [1.29, 1.82) is 0 Å². The SMILES string of the molecule is [Fe+3].[O-][Cl+3]([O-])([O-])[O-].[O-][Cl+3]([O-])([O-])[O-].[O-][Cl+3]([O-])([O-])[O-].[S-]c1nnc(-[n+]2c(-c3ccccc3)cc(-c3ccccc3)cc2-c2ccccc2)s1.[S-]c1nnc(-[n+]2c(-c3ccccc3)cc(-c3ccccc3)cc2-c2ccccc2)s1.[S-]c1nnc(-[n+]2c(-c3ccccc3)cc(-c3ccccc3)cc2-c2ccccc2)s1. The summed E-state index contributed by atoms with van der Waals surface area (Å²) in [7, 11) is -14.8. The van der Waals surface area contributed by atoms with Crippen molar-refractivity contribution in [1.82, 2.24) is 30.6 Å². The van der Waals surface area contributed by atoms with Gasteiger partial charge >= 0.3 is 32.5 Å². The van der Waals surface area contributed by atoms with Gasteiger partial charge in [-0.2, -0.15) is 13.7 Å². The monoisotopic (exact) mass is 1620 g/mol. The predicted molar refractivity (Wildman–Crippen MR) is 370 cm³/mol. The fourth-order valence-electron chi connectivity index (χ4n) is 10.6. The summed E-state index contributed by atoms with van der Waals surface area (Å²) in [4.78, 5) is 0. The second kappa shape index (κ2) is 38.3. The zero-order chi connectivity index (χ0) is 74.5. The van der Waals surface area contributed by atoms with E-state index in [-0.39, 0.29) is 17.1 Å². The maximum Gasteiger partial charge on any atom is 3.00 e. The fourth-order valence-corrected chi connectivity index (χ4v) is 13.2. The molecule has 9 aromatic carbocycles. The second-order valence-corrected chi connectivity index (χ2v) is 28.6. The summed E-state index contributed by atoms with van der Waals surface area (Å²) in [5, 5.41) is 27.8. The molecule has 1 radical (unpaired) electrons. The smallest absolute Gasteiger partial charge is 0.404 e. The standard InChI is InChI=1S/3C25H17N3S2.3ClHO4.Fe/c3*29-25-27-26-24(30-25)28-22(19-12-6-2-7-13-19)16-21(18-10-4-1-5-11-18)17-23(28)20-14-8-3-9-15-20;3*2-1(3,4)5;/h3*1-17H;3*(H,2,3,4,5);/q;;;;;;+3/p-3. The first-order valence-corrected chi connectivity index (χ1v) is 37.9. The van der Waals surface area contributed by atoms with E-state index in [0.29, 0.717) is 13.0 Å². The van der Waals surface area contributed by atoms with E-state index >= 15 is 0 Å². The van der Waals surface area contributed by atoms with Crippen molar-refractivity contribution in [2.45, 2.75) is 13.0 Å². The molecule has 0 aliphatic carbocycles. The van der Waals surface area contributed by atoms with Gasteiger partial charge in [0, 0.05) is 46.4 Å². The van der Waals surface area contributed by atoms with Crippen LogP contribution in [0.3, 0.4) is 0 Å². The van der Waals surface area contributed by atoms with Gasteiger partial charge in [0.2, 0.25) is 0 Å². The Kier molecular flexibility index (Phi) is 29.2. The molecular formula is C75H51Cl3FeN9O12S6. The van der Waals surface area contributed by atoms with Crippen LogP contribution in [0.5, 0.6) is 0 Å². The number of hydrogen-bond donors (Lipinski definition) is 0. The van der Waals surface area contributed by atoms with Crippen LogP contribution in [-0.4, -0.2) is 30.6 Å². The molecule has 0 saturated heterocycles. The van der Waals surface area contributed by atoms with Crippen molar-refractivity contribution in [3.8, 4) is 116 Å². The average molecular weight is 1620 g/mol. The van der Waals surface area contributed by atoms with Gasteiger partial charge in [-0.3, -0.25) is 34.0 Å². The molecule has 533 valence electrons. The van der Waals surface area contributed by atoms with Gasteiger partial charge in [0.15, 0.2) is 0 Å². The van der Waals surface area contributed by atoms with Gasteiger partial charge in [-0.25, -0.2) is 55.9 Å². The molecule has 15 rings (SSSR count). The molecule has 6 heterocycles. The van der Waals surface area contributed by atoms with Gasteiger partial charge in [0.1, 0.15) is 34.2 Å². The van der Waals surface area contributed by atoms with Gasteiger partial charge in [-0.1, -0.05) is 288 Å². The Hall–Kier alpha value is -9.32. The summed E-state index contributed by atoms with van der Waals surface area (Å²) in [6, 6.07) is 107. The van der Waals surface area contributed by atoms with E-state index in [4.69, 9.17) is 93.8 Å². The molecule has 0 amide bonds. The van der Waals surface area contributed by atoms with Gasteiger partial charge in [-0.15, -0.1) is 30.7 Å². The fraction of sp³-hybridized carbons (Fsp3) is 0. The Labute approximate surface area is 653 Å². The molecule has 6 aromatic heterocycles. The summed E-state index contributed by atoms with van der Waals surface area (Å²) >= 11 is 20.1. The molecule has 0 bridgehead atoms. The Bertz CT molecular complexity index is 4520. The van der Waals surface area contributed by atoms with E-state index in [1.165, 1.54) is 50.7 Å². The third-order valence-corrected chi connectivity index (χ3v) is 17.8. The van der Waals surface area contributed by atoms with Crippen LogP contribution in [0, 0.1) is 30.7 Å². The minimum atomic E-state index is -4.94. The van der Waals surface area contributed by atoms with Crippen LogP contribution >= 0.6 is 34.0 Å². The molecule has 0 aliphatic heterocycles. The number of nitrogens with zero attached hydrogens (tertiary/aromatic N) is 9. The van der Waals surface area contributed by atoms with Crippen molar-refractivity contribution in [3.05, 3.63) is 309 Å². The van der Waals surface area contributed by atoms with E-state index in [1.54, 1.807) is 0 Å². The van der Waals surface area contributed by atoms with Gasteiger partial charge in [-0.05, 0) is 69.8 Å². The number of hydrogen-bond acceptors (Lipinski definition) is 24. The molecule has 0 atom stereocenters. The molecule has 106 heavy (non-hydrogen) atoms. The van der Waals surface area contributed by atoms with Gasteiger partial charge < -0.3 is 37.9 Å². The number of benzene rings is 9.